The average Bonchev–Trinajstić information content (AvgIpc) is 2.84. The van der Waals surface area contributed by atoms with Crippen molar-refractivity contribution in [1.82, 2.24) is 0 Å². The molecule has 0 bridgehead atoms. The van der Waals surface area contributed by atoms with Crippen LogP contribution in [0.5, 0.6) is 5.75 Å². The maximum atomic E-state index is 11.8. The van der Waals surface area contributed by atoms with Gasteiger partial charge in [0.2, 0.25) is 0 Å². The third kappa shape index (κ3) is 6.21. The number of benzene rings is 3. The van der Waals surface area contributed by atoms with Crippen molar-refractivity contribution in [1.29, 1.82) is 0 Å². The van der Waals surface area contributed by atoms with Crippen LogP contribution in [0.3, 0.4) is 0 Å². The van der Waals surface area contributed by atoms with Crippen LogP contribution in [0.25, 0.3) is 22.3 Å². The lowest BCUT2D eigenvalue weighted by molar-refractivity contribution is -0.130. The number of esters is 1. The van der Waals surface area contributed by atoms with Gasteiger partial charge in [0.15, 0.2) is 0 Å². The first-order valence-corrected chi connectivity index (χ1v) is 11.8. The lowest BCUT2D eigenvalue weighted by Crippen LogP contribution is -2.12. The van der Waals surface area contributed by atoms with E-state index in [1.165, 1.54) is 47.1 Å². The standard InChI is InChI=1S/C30H34O3/c1-5-7-8-9-23-10-16-29(24(6-2)19-23)26-13-17-28(21(3)18-26)25-11-14-27(15-12-25)33-30(32)22(4)20-31/h10-19,31H,4-9,20H2,1-3H3. The van der Waals surface area contributed by atoms with E-state index in [9.17, 15) is 4.79 Å². The minimum atomic E-state index is -0.617. The van der Waals surface area contributed by atoms with E-state index in [4.69, 9.17) is 9.84 Å². The molecule has 0 aliphatic heterocycles. The van der Waals surface area contributed by atoms with Gasteiger partial charge in [-0.2, -0.15) is 0 Å². The van der Waals surface area contributed by atoms with Gasteiger partial charge in [0, 0.05) is 0 Å². The van der Waals surface area contributed by atoms with Crippen molar-refractivity contribution in [2.24, 2.45) is 0 Å². The number of aliphatic hydroxyl groups excluding tert-OH is 1. The maximum absolute atomic E-state index is 11.8. The molecule has 0 spiro atoms. The number of aliphatic hydroxyl groups is 1. The van der Waals surface area contributed by atoms with E-state index in [1.807, 2.05) is 12.1 Å². The minimum Gasteiger partial charge on any atom is -0.423 e. The van der Waals surface area contributed by atoms with E-state index in [0.29, 0.717) is 5.75 Å². The van der Waals surface area contributed by atoms with Crippen molar-refractivity contribution in [2.45, 2.75) is 52.9 Å². The van der Waals surface area contributed by atoms with Crippen LogP contribution in [-0.2, 0) is 17.6 Å². The average molecular weight is 443 g/mol. The third-order valence-electron chi connectivity index (χ3n) is 6.01. The largest absolute Gasteiger partial charge is 0.423 e. The van der Waals surface area contributed by atoms with Gasteiger partial charge in [0.1, 0.15) is 5.75 Å². The van der Waals surface area contributed by atoms with Crippen LogP contribution in [0.15, 0.2) is 72.8 Å². The van der Waals surface area contributed by atoms with Gasteiger partial charge >= 0.3 is 5.97 Å². The molecule has 33 heavy (non-hydrogen) atoms. The Labute approximate surface area is 197 Å². The molecule has 0 amide bonds. The van der Waals surface area contributed by atoms with Crippen LogP contribution >= 0.6 is 0 Å². The van der Waals surface area contributed by atoms with E-state index in [0.717, 1.165) is 24.0 Å². The van der Waals surface area contributed by atoms with Crippen LogP contribution in [0.2, 0.25) is 0 Å². The van der Waals surface area contributed by atoms with E-state index < -0.39 is 12.6 Å². The molecule has 3 heteroatoms. The Bertz CT molecular complexity index is 1110. The van der Waals surface area contributed by atoms with Crippen molar-refractivity contribution in [3.8, 4) is 28.0 Å². The highest BCUT2D eigenvalue weighted by Gasteiger charge is 2.11. The Morgan fingerprint density at radius 1 is 0.909 bits per heavy atom. The SMILES string of the molecule is C=C(CO)C(=O)Oc1ccc(-c2ccc(-c3ccc(CCCCC)cc3CC)cc2C)cc1. The first-order chi connectivity index (χ1) is 16.0. The highest BCUT2D eigenvalue weighted by molar-refractivity contribution is 5.89. The molecule has 3 nitrogen and oxygen atoms in total. The van der Waals surface area contributed by atoms with Gasteiger partial charge < -0.3 is 9.84 Å². The Balaban J connectivity index is 1.80. The van der Waals surface area contributed by atoms with E-state index in [-0.39, 0.29) is 5.57 Å². The smallest absolute Gasteiger partial charge is 0.341 e. The molecule has 0 aliphatic rings. The second-order valence-electron chi connectivity index (χ2n) is 8.51. The summed E-state index contributed by atoms with van der Waals surface area (Å²) in [5.74, 6) is -0.187. The minimum absolute atomic E-state index is 0.0333. The van der Waals surface area contributed by atoms with Crippen LogP contribution < -0.4 is 4.74 Å². The van der Waals surface area contributed by atoms with Crippen molar-refractivity contribution in [3.05, 3.63) is 89.5 Å². The first-order valence-electron chi connectivity index (χ1n) is 11.8. The Morgan fingerprint density at radius 2 is 1.61 bits per heavy atom. The topological polar surface area (TPSA) is 46.5 Å². The number of unbranched alkanes of at least 4 members (excludes halogenated alkanes) is 2. The molecule has 0 aliphatic carbocycles. The summed E-state index contributed by atoms with van der Waals surface area (Å²) in [5.41, 5.74) is 8.80. The second kappa shape index (κ2) is 11.6. The van der Waals surface area contributed by atoms with Crippen LogP contribution in [0.1, 0.15) is 49.8 Å². The Hall–Kier alpha value is -3.17. The molecular formula is C30H34O3. The van der Waals surface area contributed by atoms with Gasteiger partial charge in [-0.1, -0.05) is 81.8 Å². The quantitative estimate of drug-likeness (QED) is 0.158. The molecule has 0 atom stereocenters. The fourth-order valence-electron chi connectivity index (χ4n) is 4.06. The third-order valence-corrected chi connectivity index (χ3v) is 6.01. The molecule has 0 saturated carbocycles. The van der Waals surface area contributed by atoms with Gasteiger partial charge in [-0.3, -0.25) is 0 Å². The summed E-state index contributed by atoms with van der Waals surface area (Å²) in [4.78, 5) is 11.8. The molecular weight excluding hydrogens is 408 g/mol. The summed E-state index contributed by atoms with van der Waals surface area (Å²) >= 11 is 0. The zero-order chi connectivity index (χ0) is 23.8. The number of hydrogen-bond acceptors (Lipinski definition) is 3. The second-order valence-corrected chi connectivity index (χ2v) is 8.51. The van der Waals surface area contributed by atoms with Gasteiger partial charge in [0.25, 0.3) is 0 Å². The Morgan fingerprint density at radius 3 is 2.24 bits per heavy atom. The molecule has 0 unspecified atom stereocenters. The monoisotopic (exact) mass is 442 g/mol. The molecule has 172 valence electrons. The van der Waals surface area contributed by atoms with Crippen LogP contribution in [-0.4, -0.2) is 17.7 Å². The Kier molecular flexibility index (Phi) is 8.62. The number of rotatable bonds is 10. The van der Waals surface area contributed by atoms with Gasteiger partial charge in [-0.05, 0) is 77.3 Å². The fraction of sp³-hybridized carbons (Fsp3) is 0.300. The molecule has 0 saturated heterocycles. The lowest BCUT2D eigenvalue weighted by Gasteiger charge is -2.14. The maximum Gasteiger partial charge on any atom is 0.341 e. The summed E-state index contributed by atoms with van der Waals surface area (Å²) in [5, 5.41) is 9.00. The summed E-state index contributed by atoms with van der Waals surface area (Å²) in [7, 11) is 0. The molecule has 0 aromatic heterocycles. The summed E-state index contributed by atoms with van der Waals surface area (Å²) in [6.45, 7) is 9.67. The van der Waals surface area contributed by atoms with E-state index in [1.54, 1.807) is 12.1 Å². The fourth-order valence-corrected chi connectivity index (χ4v) is 4.06. The van der Waals surface area contributed by atoms with Gasteiger partial charge in [-0.25, -0.2) is 4.79 Å². The van der Waals surface area contributed by atoms with Crippen LogP contribution in [0.4, 0.5) is 0 Å². The molecule has 0 heterocycles. The van der Waals surface area contributed by atoms with Crippen molar-refractivity contribution in [3.63, 3.8) is 0 Å². The van der Waals surface area contributed by atoms with Crippen molar-refractivity contribution >= 4 is 5.97 Å². The predicted octanol–water partition coefficient (Wildman–Crippen LogP) is 7.08. The molecule has 3 aromatic rings. The molecule has 1 N–H and O–H groups in total. The highest BCUT2D eigenvalue weighted by atomic mass is 16.5. The molecule has 3 aromatic carbocycles. The lowest BCUT2D eigenvalue weighted by atomic mass is 9.91. The molecule has 0 radical (unpaired) electrons. The number of carbonyl (C=O) groups is 1. The van der Waals surface area contributed by atoms with Gasteiger partial charge in [-0.15, -0.1) is 0 Å². The van der Waals surface area contributed by atoms with Gasteiger partial charge in [0.05, 0.1) is 12.2 Å². The number of ether oxygens (including phenoxy) is 1. The van der Waals surface area contributed by atoms with E-state index >= 15 is 0 Å². The highest BCUT2D eigenvalue weighted by Crippen LogP contribution is 2.32. The predicted molar refractivity (Wildman–Crippen MR) is 137 cm³/mol. The zero-order valence-electron chi connectivity index (χ0n) is 20.0. The number of aryl methyl sites for hydroxylation is 3. The summed E-state index contributed by atoms with van der Waals surface area (Å²) in [6, 6.07) is 20.9. The molecule has 3 rings (SSSR count). The number of hydrogen-bond donors (Lipinski definition) is 1. The van der Waals surface area contributed by atoms with E-state index in [2.05, 4.69) is 63.7 Å². The molecule has 0 fully saturated rings. The number of carbonyl (C=O) groups excluding carboxylic acids is 1. The van der Waals surface area contributed by atoms with Crippen LogP contribution in [0, 0.1) is 6.92 Å². The first kappa shape index (κ1) is 24.5. The van der Waals surface area contributed by atoms with Crippen molar-refractivity contribution in [2.75, 3.05) is 6.61 Å². The summed E-state index contributed by atoms with van der Waals surface area (Å²) < 4.78 is 5.23. The summed E-state index contributed by atoms with van der Waals surface area (Å²) in [6.07, 6.45) is 5.95. The zero-order valence-corrected chi connectivity index (χ0v) is 20.0. The van der Waals surface area contributed by atoms with Crippen molar-refractivity contribution < 1.29 is 14.6 Å². The normalized spacial score (nSPS) is 10.8.